The highest BCUT2D eigenvalue weighted by atomic mass is 32.1. The molecular formula is C12H20BNO3S. The summed E-state index contributed by atoms with van der Waals surface area (Å²) in [5, 5.41) is 2.59. The van der Waals surface area contributed by atoms with Crippen LogP contribution in [0.3, 0.4) is 0 Å². The van der Waals surface area contributed by atoms with Crippen molar-refractivity contribution in [2.24, 2.45) is 0 Å². The van der Waals surface area contributed by atoms with E-state index in [4.69, 9.17) is 14.0 Å². The van der Waals surface area contributed by atoms with Gasteiger partial charge in [-0.3, -0.25) is 0 Å². The zero-order valence-corrected chi connectivity index (χ0v) is 12.6. The Balaban J connectivity index is 2.12. The summed E-state index contributed by atoms with van der Waals surface area (Å²) in [5.74, 6) is 0. The van der Waals surface area contributed by atoms with Gasteiger partial charge in [0.15, 0.2) is 0 Å². The van der Waals surface area contributed by atoms with Gasteiger partial charge in [0.1, 0.15) is 0 Å². The van der Waals surface area contributed by atoms with E-state index in [-0.39, 0.29) is 17.3 Å². The highest BCUT2D eigenvalue weighted by Gasteiger charge is 2.52. The lowest BCUT2D eigenvalue weighted by Crippen LogP contribution is -2.41. The minimum Gasteiger partial charge on any atom is -0.467 e. The van der Waals surface area contributed by atoms with Crippen molar-refractivity contribution < 1.29 is 14.0 Å². The van der Waals surface area contributed by atoms with E-state index in [1.54, 1.807) is 0 Å². The van der Waals surface area contributed by atoms with Gasteiger partial charge in [0.05, 0.1) is 22.9 Å². The third-order valence-electron chi connectivity index (χ3n) is 3.33. The van der Waals surface area contributed by atoms with Crippen LogP contribution >= 0.6 is 11.3 Å². The second-order valence-electron chi connectivity index (χ2n) is 5.79. The van der Waals surface area contributed by atoms with Crippen LogP contribution in [-0.4, -0.2) is 29.4 Å². The topological polar surface area (TPSA) is 40.6 Å². The predicted molar refractivity (Wildman–Crippen MR) is 73.6 cm³/mol. The van der Waals surface area contributed by atoms with Crippen molar-refractivity contribution in [3.63, 3.8) is 0 Å². The van der Waals surface area contributed by atoms with E-state index in [2.05, 4.69) is 4.98 Å². The summed E-state index contributed by atoms with van der Waals surface area (Å²) in [6.45, 7) is 12.1. The van der Waals surface area contributed by atoms with Crippen LogP contribution < -0.4 is 10.3 Å². The minimum absolute atomic E-state index is 0.127. The molecule has 6 heteroatoms. The van der Waals surface area contributed by atoms with E-state index in [1.165, 1.54) is 11.3 Å². The summed E-state index contributed by atoms with van der Waals surface area (Å²) in [5.41, 5.74) is 0.120. The average Bonchev–Trinajstić information content (AvgIpc) is 2.70. The lowest BCUT2D eigenvalue weighted by molar-refractivity contribution is 0.00578. The number of ether oxygens (including phenoxy) is 1. The van der Waals surface area contributed by atoms with Crippen LogP contribution in [0.15, 0.2) is 5.38 Å². The fourth-order valence-electron chi connectivity index (χ4n) is 1.60. The van der Waals surface area contributed by atoms with Gasteiger partial charge in [-0.25, -0.2) is 4.98 Å². The largest absolute Gasteiger partial charge is 0.515 e. The van der Waals surface area contributed by atoms with Crippen molar-refractivity contribution in [1.29, 1.82) is 0 Å². The fourth-order valence-corrected chi connectivity index (χ4v) is 2.39. The van der Waals surface area contributed by atoms with Crippen LogP contribution in [0, 0.1) is 0 Å². The molecule has 0 spiro atoms. The zero-order valence-electron chi connectivity index (χ0n) is 11.8. The van der Waals surface area contributed by atoms with E-state index in [0.717, 1.165) is 5.59 Å². The number of hydrogen-bond acceptors (Lipinski definition) is 5. The molecule has 2 heterocycles. The maximum Gasteiger partial charge on any atom is 0.515 e. The molecule has 0 atom stereocenters. The van der Waals surface area contributed by atoms with Crippen molar-refractivity contribution in [2.45, 2.75) is 58.8 Å². The Morgan fingerprint density at radius 3 is 2.28 bits per heavy atom. The van der Waals surface area contributed by atoms with Crippen molar-refractivity contribution in [2.75, 3.05) is 0 Å². The third kappa shape index (κ3) is 2.55. The van der Waals surface area contributed by atoms with Gasteiger partial charge in [0, 0.05) is 5.38 Å². The van der Waals surface area contributed by atoms with Crippen molar-refractivity contribution in [3.8, 4) is 5.19 Å². The molecule has 1 aromatic heterocycles. The highest BCUT2D eigenvalue weighted by Crippen LogP contribution is 2.36. The van der Waals surface area contributed by atoms with Gasteiger partial charge in [-0.2, -0.15) is 0 Å². The summed E-state index contributed by atoms with van der Waals surface area (Å²) in [4.78, 5) is 4.41. The first-order valence-electron chi connectivity index (χ1n) is 6.19. The smallest absolute Gasteiger partial charge is 0.467 e. The molecule has 1 aliphatic heterocycles. The molecule has 2 rings (SSSR count). The van der Waals surface area contributed by atoms with E-state index in [0.29, 0.717) is 5.19 Å². The molecule has 0 aliphatic carbocycles. The number of nitrogens with zero attached hydrogens (tertiary/aromatic N) is 1. The third-order valence-corrected chi connectivity index (χ3v) is 4.08. The van der Waals surface area contributed by atoms with E-state index < -0.39 is 7.12 Å². The Labute approximate surface area is 113 Å². The summed E-state index contributed by atoms with van der Waals surface area (Å²) in [7, 11) is -0.407. The van der Waals surface area contributed by atoms with Crippen LogP contribution in [0.25, 0.3) is 0 Å². The highest BCUT2D eigenvalue weighted by molar-refractivity contribution is 7.12. The minimum atomic E-state index is -0.407. The second-order valence-corrected chi connectivity index (χ2v) is 6.61. The molecule has 1 fully saturated rings. The second kappa shape index (κ2) is 4.51. The summed E-state index contributed by atoms with van der Waals surface area (Å²) >= 11 is 1.47. The van der Waals surface area contributed by atoms with Crippen molar-refractivity contribution >= 4 is 24.0 Å². The lowest BCUT2D eigenvalue weighted by Gasteiger charge is -2.32. The van der Waals surface area contributed by atoms with Crippen LogP contribution in [-0.2, 0) is 9.31 Å². The fraction of sp³-hybridized carbons (Fsp3) is 0.750. The average molecular weight is 269 g/mol. The zero-order chi connectivity index (χ0) is 13.6. The molecule has 0 bridgehead atoms. The molecular weight excluding hydrogens is 249 g/mol. The molecule has 0 amide bonds. The van der Waals surface area contributed by atoms with E-state index >= 15 is 0 Å². The predicted octanol–water partition coefficient (Wildman–Crippen LogP) is 2.23. The maximum absolute atomic E-state index is 5.93. The monoisotopic (exact) mass is 269 g/mol. The molecule has 18 heavy (non-hydrogen) atoms. The summed E-state index contributed by atoms with van der Waals surface area (Å²) < 4.78 is 17.4. The number of aromatic nitrogens is 1. The van der Waals surface area contributed by atoms with Gasteiger partial charge in [0.25, 0.3) is 5.19 Å². The van der Waals surface area contributed by atoms with Crippen LogP contribution in [0.5, 0.6) is 5.19 Å². The molecule has 0 N–H and O–H groups in total. The first-order valence-corrected chi connectivity index (χ1v) is 7.07. The standard InChI is InChI=1S/C12H20BNO3S/c1-8(2)15-10-14-9(7-18-10)13-16-11(3,4)12(5,6)17-13/h7-8H,1-6H3. The molecule has 0 unspecified atom stereocenters. The first-order chi connectivity index (χ1) is 8.21. The first kappa shape index (κ1) is 13.8. The molecule has 0 radical (unpaired) electrons. The van der Waals surface area contributed by atoms with Crippen LogP contribution in [0.1, 0.15) is 41.5 Å². The Morgan fingerprint density at radius 2 is 1.78 bits per heavy atom. The maximum atomic E-state index is 5.93. The normalized spacial score (nSPS) is 21.6. The lowest BCUT2D eigenvalue weighted by atomic mass is 9.86. The van der Waals surface area contributed by atoms with Crippen LogP contribution in [0.4, 0.5) is 0 Å². The van der Waals surface area contributed by atoms with Crippen molar-refractivity contribution in [1.82, 2.24) is 4.98 Å². The Bertz CT molecular complexity index is 415. The van der Waals surface area contributed by atoms with Crippen LogP contribution in [0.2, 0.25) is 0 Å². The quantitative estimate of drug-likeness (QED) is 0.789. The Hall–Kier alpha value is -0.585. The molecule has 100 valence electrons. The molecule has 0 aromatic carbocycles. The number of hydrogen-bond donors (Lipinski definition) is 0. The van der Waals surface area contributed by atoms with Gasteiger partial charge in [-0.05, 0) is 41.5 Å². The molecule has 1 aromatic rings. The number of rotatable bonds is 3. The number of thiazole rings is 1. The van der Waals surface area contributed by atoms with Gasteiger partial charge in [-0.15, -0.1) is 0 Å². The van der Waals surface area contributed by atoms with E-state index in [1.807, 2.05) is 46.9 Å². The Kier molecular flexibility index (Phi) is 3.47. The summed E-state index contributed by atoms with van der Waals surface area (Å²) in [6, 6.07) is 0. The molecule has 0 saturated carbocycles. The van der Waals surface area contributed by atoms with Crippen molar-refractivity contribution in [3.05, 3.63) is 5.38 Å². The van der Waals surface area contributed by atoms with Gasteiger partial charge in [0.2, 0.25) is 0 Å². The van der Waals surface area contributed by atoms with Gasteiger partial charge >= 0.3 is 7.12 Å². The molecule has 4 nitrogen and oxygen atoms in total. The molecule has 1 aliphatic rings. The molecule has 1 saturated heterocycles. The summed E-state index contributed by atoms with van der Waals surface area (Å²) in [6.07, 6.45) is 0.127. The van der Waals surface area contributed by atoms with Gasteiger partial charge in [-0.1, -0.05) is 11.3 Å². The van der Waals surface area contributed by atoms with E-state index in [9.17, 15) is 0 Å². The SMILES string of the molecule is CC(C)Oc1nc(B2OC(C)(C)C(C)(C)O2)cs1. The Morgan fingerprint density at radius 1 is 1.22 bits per heavy atom. The van der Waals surface area contributed by atoms with Gasteiger partial charge < -0.3 is 14.0 Å².